The van der Waals surface area contributed by atoms with Gasteiger partial charge in [-0.1, -0.05) is 24.3 Å². The molecule has 0 heterocycles. The standard InChI is InChI=1S/C10H14N2O2/c1-10(14,6-13)8-4-2-7(3-5-8)9(11)12/h2-5,13-14H,6H2,1H3,(H3,11,12). The van der Waals surface area contributed by atoms with Crippen LogP contribution in [0.4, 0.5) is 0 Å². The normalized spacial score (nSPS) is 14.8. The van der Waals surface area contributed by atoms with Gasteiger partial charge in [0, 0.05) is 5.56 Å². The van der Waals surface area contributed by atoms with E-state index in [2.05, 4.69) is 0 Å². The van der Waals surface area contributed by atoms with Crippen LogP contribution in [0.3, 0.4) is 0 Å². The molecule has 0 saturated carbocycles. The Kier molecular flexibility index (Phi) is 2.88. The Morgan fingerprint density at radius 2 is 1.93 bits per heavy atom. The Labute approximate surface area is 82.5 Å². The van der Waals surface area contributed by atoms with E-state index in [0.29, 0.717) is 11.1 Å². The summed E-state index contributed by atoms with van der Waals surface area (Å²) in [4.78, 5) is 0. The quantitative estimate of drug-likeness (QED) is 0.408. The van der Waals surface area contributed by atoms with Crippen molar-refractivity contribution in [1.29, 1.82) is 5.41 Å². The van der Waals surface area contributed by atoms with E-state index in [4.69, 9.17) is 16.2 Å². The molecule has 0 aliphatic heterocycles. The number of rotatable bonds is 3. The van der Waals surface area contributed by atoms with Crippen molar-refractivity contribution >= 4 is 5.84 Å². The number of benzene rings is 1. The second-order valence-electron chi connectivity index (χ2n) is 3.42. The molecule has 0 aliphatic carbocycles. The maximum Gasteiger partial charge on any atom is 0.122 e. The van der Waals surface area contributed by atoms with Gasteiger partial charge in [-0.3, -0.25) is 5.41 Å². The van der Waals surface area contributed by atoms with E-state index in [1.54, 1.807) is 24.3 Å². The van der Waals surface area contributed by atoms with E-state index < -0.39 is 5.60 Å². The van der Waals surface area contributed by atoms with Crippen molar-refractivity contribution < 1.29 is 10.2 Å². The molecule has 0 bridgehead atoms. The van der Waals surface area contributed by atoms with Crippen molar-refractivity contribution in [1.82, 2.24) is 0 Å². The predicted octanol–water partition coefficient (Wildman–Crippen LogP) is 0.170. The summed E-state index contributed by atoms with van der Waals surface area (Å²) in [5.41, 5.74) is 5.24. The molecule has 1 aromatic carbocycles. The third-order valence-corrected chi connectivity index (χ3v) is 2.13. The number of amidine groups is 1. The van der Waals surface area contributed by atoms with Crippen LogP contribution in [0.2, 0.25) is 0 Å². The number of nitrogen functional groups attached to an aromatic ring is 1. The molecule has 0 amide bonds. The van der Waals surface area contributed by atoms with E-state index in [1.807, 2.05) is 0 Å². The number of nitrogens with two attached hydrogens (primary N) is 1. The highest BCUT2D eigenvalue weighted by Gasteiger charge is 2.21. The molecule has 5 N–H and O–H groups in total. The molecule has 0 radical (unpaired) electrons. The minimum Gasteiger partial charge on any atom is -0.393 e. The smallest absolute Gasteiger partial charge is 0.122 e. The largest absolute Gasteiger partial charge is 0.393 e. The molecular formula is C10H14N2O2. The summed E-state index contributed by atoms with van der Waals surface area (Å²) in [6.45, 7) is 1.18. The van der Waals surface area contributed by atoms with Gasteiger partial charge in [0.25, 0.3) is 0 Å². The fraction of sp³-hybridized carbons (Fsp3) is 0.300. The number of aliphatic hydroxyl groups is 2. The molecule has 1 rings (SSSR count). The summed E-state index contributed by atoms with van der Waals surface area (Å²) in [6.07, 6.45) is 0. The van der Waals surface area contributed by atoms with Crippen LogP contribution in [0.5, 0.6) is 0 Å². The maximum absolute atomic E-state index is 9.69. The fourth-order valence-electron chi connectivity index (χ4n) is 1.10. The zero-order valence-corrected chi connectivity index (χ0v) is 7.99. The van der Waals surface area contributed by atoms with Gasteiger partial charge in [-0.05, 0) is 12.5 Å². The monoisotopic (exact) mass is 194 g/mol. The lowest BCUT2D eigenvalue weighted by Gasteiger charge is -2.20. The minimum atomic E-state index is -1.24. The fourth-order valence-corrected chi connectivity index (χ4v) is 1.10. The third kappa shape index (κ3) is 2.10. The third-order valence-electron chi connectivity index (χ3n) is 2.13. The van der Waals surface area contributed by atoms with Crippen LogP contribution in [0, 0.1) is 5.41 Å². The summed E-state index contributed by atoms with van der Waals surface area (Å²) >= 11 is 0. The first-order valence-electron chi connectivity index (χ1n) is 4.25. The number of hydrogen-bond donors (Lipinski definition) is 4. The van der Waals surface area contributed by atoms with E-state index in [-0.39, 0.29) is 12.4 Å². The lowest BCUT2D eigenvalue weighted by Crippen LogP contribution is -2.25. The van der Waals surface area contributed by atoms with Gasteiger partial charge in [0.15, 0.2) is 0 Å². The highest BCUT2D eigenvalue weighted by molar-refractivity contribution is 5.94. The van der Waals surface area contributed by atoms with Gasteiger partial charge in [-0.25, -0.2) is 0 Å². The summed E-state index contributed by atoms with van der Waals surface area (Å²) in [6, 6.07) is 6.57. The first-order valence-corrected chi connectivity index (χ1v) is 4.25. The van der Waals surface area contributed by atoms with E-state index in [0.717, 1.165) is 0 Å². The van der Waals surface area contributed by atoms with Crippen LogP contribution < -0.4 is 5.73 Å². The van der Waals surface area contributed by atoms with Crippen LogP contribution in [0.15, 0.2) is 24.3 Å². The second kappa shape index (κ2) is 3.77. The van der Waals surface area contributed by atoms with Crippen LogP contribution in [-0.4, -0.2) is 22.7 Å². The molecule has 4 nitrogen and oxygen atoms in total. The van der Waals surface area contributed by atoms with Crippen molar-refractivity contribution in [3.63, 3.8) is 0 Å². The molecule has 0 fully saturated rings. The van der Waals surface area contributed by atoms with Gasteiger partial charge < -0.3 is 15.9 Å². The van der Waals surface area contributed by atoms with Crippen molar-refractivity contribution in [2.75, 3.05) is 6.61 Å². The van der Waals surface area contributed by atoms with Crippen LogP contribution >= 0.6 is 0 Å². The average Bonchev–Trinajstić information content (AvgIpc) is 2.18. The van der Waals surface area contributed by atoms with Crippen LogP contribution in [-0.2, 0) is 5.60 Å². The lowest BCUT2D eigenvalue weighted by molar-refractivity contribution is -0.00228. The number of hydrogen-bond acceptors (Lipinski definition) is 3. The highest BCUT2D eigenvalue weighted by atomic mass is 16.3. The Morgan fingerprint density at radius 3 is 2.29 bits per heavy atom. The van der Waals surface area contributed by atoms with Gasteiger partial charge in [0.2, 0.25) is 0 Å². The molecule has 0 aliphatic rings. The number of nitrogens with one attached hydrogen (secondary N) is 1. The molecule has 4 heteroatoms. The first kappa shape index (κ1) is 10.7. The minimum absolute atomic E-state index is 0.0137. The topological polar surface area (TPSA) is 90.3 Å². The molecule has 14 heavy (non-hydrogen) atoms. The zero-order valence-electron chi connectivity index (χ0n) is 7.99. The summed E-state index contributed by atoms with van der Waals surface area (Å²) in [5.74, 6) is -0.0137. The molecule has 76 valence electrons. The van der Waals surface area contributed by atoms with Crippen molar-refractivity contribution in [2.45, 2.75) is 12.5 Å². The predicted molar refractivity (Wildman–Crippen MR) is 54.1 cm³/mol. The Hall–Kier alpha value is -1.39. The lowest BCUT2D eigenvalue weighted by atomic mass is 9.96. The molecule has 0 spiro atoms. The average molecular weight is 194 g/mol. The van der Waals surface area contributed by atoms with Gasteiger partial charge in [0.05, 0.1) is 6.61 Å². The van der Waals surface area contributed by atoms with E-state index >= 15 is 0 Å². The van der Waals surface area contributed by atoms with Crippen molar-refractivity contribution in [2.24, 2.45) is 5.73 Å². The second-order valence-corrected chi connectivity index (χ2v) is 3.42. The van der Waals surface area contributed by atoms with Crippen LogP contribution in [0.1, 0.15) is 18.1 Å². The molecular weight excluding hydrogens is 180 g/mol. The Balaban J connectivity index is 2.99. The van der Waals surface area contributed by atoms with Gasteiger partial charge in [0.1, 0.15) is 11.4 Å². The Bertz CT molecular complexity index is 330. The summed E-state index contributed by atoms with van der Waals surface area (Å²) in [5, 5.41) is 25.8. The van der Waals surface area contributed by atoms with Gasteiger partial charge in [-0.15, -0.1) is 0 Å². The molecule has 1 unspecified atom stereocenters. The summed E-state index contributed by atoms with van der Waals surface area (Å²) in [7, 11) is 0. The molecule has 0 saturated heterocycles. The molecule has 1 atom stereocenters. The zero-order chi connectivity index (χ0) is 10.8. The van der Waals surface area contributed by atoms with E-state index in [9.17, 15) is 5.11 Å². The SMILES string of the molecule is CC(O)(CO)c1ccc(C(=N)N)cc1. The maximum atomic E-state index is 9.69. The van der Waals surface area contributed by atoms with Crippen molar-refractivity contribution in [3.05, 3.63) is 35.4 Å². The first-order chi connectivity index (χ1) is 6.47. The van der Waals surface area contributed by atoms with Crippen molar-refractivity contribution in [3.8, 4) is 0 Å². The Morgan fingerprint density at radius 1 is 1.43 bits per heavy atom. The number of aliphatic hydroxyl groups excluding tert-OH is 1. The highest BCUT2D eigenvalue weighted by Crippen LogP contribution is 2.19. The van der Waals surface area contributed by atoms with Gasteiger partial charge >= 0.3 is 0 Å². The van der Waals surface area contributed by atoms with E-state index in [1.165, 1.54) is 6.92 Å². The molecule has 0 aromatic heterocycles. The molecule has 1 aromatic rings. The van der Waals surface area contributed by atoms with Gasteiger partial charge in [-0.2, -0.15) is 0 Å². The van der Waals surface area contributed by atoms with Crippen LogP contribution in [0.25, 0.3) is 0 Å². The summed E-state index contributed by atoms with van der Waals surface area (Å²) < 4.78 is 0.